The second-order valence-corrected chi connectivity index (χ2v) is 5.44. The fourth-order valence-corrected chi connectivity index (χ4v) is 3.13. The van der Waals surface area contributed by atoms with Gasteiger partial charge in [0, 0.05) is 6.04 Å². The molecule has 5 heteroatoms. The molecule has 20 heavy (non-hydrogen) atoms. The van der Waals surface area contributed by atoms with E-state index in [0.717, 1.165) is 25.7 Å². The fraction of sp³-hybridized carbons (Fsp3) is 0.533. The van der Waals surface area contributed by atoms with Crippen LogP contribution in [0, 0.1) is 5.41 Å². The van der Waals surface area contributed by atoms with E-state index in [-0.39, 0.29) is 18.9 Å². The molecule has 0 spiro atoms. The number of nitrogens with zero attached hydrogens (tertiary/aromatic N) is 1. The highest BCUT2D eigenvalue weighted by Crippen LogP contribution is 2.36. The summed E-state index contributed by atoms with van der Waals surface area (Å²) in [6, 6.07) is -0.680. The van der Waals surface area contributed by atoms with Crippen LogP contribution in [-0.2, 0) is 9.59 Å². The molecule has 4 amide bonds. The Hall–Kier alpha value is -1.91. The fourth-order valence-electron chi connectivity index (χ4n) is 3.13. The van der Waals surface area contributed by atoms with Crippen molar-refractivity contribution in [3.05, 3.63) is 25.3 Å². The first kappa shape index (κ1) is 14.5. The van der Waals surface area contributed by atoms with Crippen molar-refractivity contribution in [3.8, 4) is 0 Å². The van der Waals surface area contributed by atoms with Gasteiger partial charge in [-0.2, -0.15) is 0 Å². The van der Waals surface area contributed by atoms with Crippen molar-refractivity contribution in [2.24, 2.45) is 5.41 Å². The predicted octanol–water partition coefficient (Wildman–Crippen LogP) is 2.15. The number of hydrogen-bond donors (Lipinski definition) is 1. The van der Waals surface area contributed by atoms with Crippen molar-refractivity contribution in [2.75, 3.05) is 0 Å². The molecular weight excluding hydrogens is 256 g/mol. The van der Waals surface area contributed by atoms with Gasteiger partial charge in [0.05, 0.1) is 0 Å². The molecule has 0 aromatic heterocycles. The van der Waals surface area contributed by atoms with E-state index >= 15 is 0 Å². The van der Waals surface area contributed by atoms with Crippen molar-refractivity contribution < 1.29 is 14.4 Å². The van der Waals surface area contributed by atoms with Crippen LogP contribution in [-0.4, -0.2) is 28.8 Å². The van der Waals surface area contributed by atoms with E-state index in [0.29, 0.717) is 0 Å². The summed E-state index contributed by atoms with van der Waals surface area (Å²) in [6.07, 6.45) is 7.14. The molecule has 1 N–H and O–H groups in total. The molecule has 0 radical (unpaired) electrons. The average Bonchev–Trinajstić information content (AvgIpc) is 2.90. The molecule has 1 saturated carbocycles. The minimum atomic E-state index is -1.26. The number of rotatable bonds is 5. The van der Waals surface area contributed by atoms with E-state index in [1.54, 1.807) is 12.2 Å². The number of urea groups is 1. The van der Waals surface area contributed by atoms with Gasteiger partial charge in [0.2, 0.25) is 11.8 Å². The van der Waals surface area contributed by atoms with Crippen molar-refractivity contribution in [1.82, 2.24) is 10.2 Å². The van der Waals surface area contributed by atoms with Crippen LogP contribution in [0.3, 0.4) is 0 Å². The summed E-state index contributed by atoms with van der Waals surface area (Å²) in [4.78, 5) is 38.3. The molecule has 2 fully saturated rings. The van der Waals surface area contributed by atoms with E-state index in [1.165, 1.54) is 4.90 Å². The predicted molar refractivity (Wildman–Crippen MR) is 74.7 cm³/mol. The summed E-state index contributed by atoms with van der Waals surface area (Å²) in [5.41, 5.74) is -1.26. The Morgan fingerprint density at radius 1 is 1.15 bits per heavy atom. The number of amides is 4. The topological polar surface area (TPSA) is 66.5 Å². The van der Waals surface area contributed by atoms with Crippen LogP contribution in [0.25, 0.3) is 0 Å². The number of carbonyl (C=O) groups excluding carboxylic acids is 3. The number of barbiturate groups is 1. The number of imide groups is 2. The number of nitrogens with one attached hydrogen (secondary N) is 1. The second-order valence-electron chi connectivity index (χ2n) is 5.44. The molecule has 0 atom stereocenters. The lowest BCUT2D eigenvalue weighted by Gasteiger charge is -2.40. The Morgan fingerprint density at radius 3 is 2.20 bits per heavy atom. The third-order valence-electron chi connectivity index (χ3n) is 4.18. The highest BCUT2D eigenvalue weighted by Gasteiger charge is 2.53. The van der Waals surface area contributed by atoms with Gasteiger partial charge in [-0.25, -0.2) is 4.79 Å². The molecule has 2 rings (SSSR count). The zero-order valence-electron chi connectivity index (χ0n) is 11.6. The van der Waals surface area contributed by atoms with Gasteiger partial charge in [0.1, 0.15) is 5.41 Å². The van der Waals surface area contributed by atoms with Gasteiger partial charge in [0.25, 0.3) is 0 Å². The smallest absolute Gasteiger partial charge is 0.277 e. The highest BCUT2D eigenvalue weighted by atomic mass is 16.2. The third-order valence-corrected chi connectivity index (χ3v) is 4.18. The summed E-state index contributed by atoms with van der Waals surface area (Å²) >= 11 is 0. The van der Waals surface area contributed by atoms with Gasteiger partial charge in [-0.1, -0.05) is 25.0 Å². The summed E-state index contributed by atoms with van der Waals surface area (Å²) < 4.78 is 0. The molecule has 0 aromatic rings. The molecule has 2 aliphatic rings. The molecule has 1 aliphatic carbocycles. The van der Waals surface area contributed by atoms with Crippen LogP contribution in [0.15, 0.2) is 25.3 Å². The maximum atomic E-state index is 12.8. The van der Waals surface area contributed by atoms with Crippen LogP contribution in [0.4, 0.5) is 4.79 Å². The van der Waals surface area contributed by atoms with Crippen LogP contribution < -0.4 is 5.32 Å². The summed E-state index contributed by atoms with van der Waals surface area (Å²) in [6.45, 7) is 7.25. The number of hydrogen-bond acceptors (Lipinski definition) is 3. The van der Waals surface area contributed by atoms with Crippen LogP contribution in [0.2, 0.25) is 0 Å². The normalized spacial score (nSPS) is 22.8. The molecule has 1 saturated heterocycles. The molecule has 0 bridgehead atoms. The van der Waals surface area contributed by atoms with Crippen molar-refractivity contribution in [1.29, 1.82) is 0 Å². The molecule has 5 nitrogen and oxygen atoms in total. The van der Waals surface area contributed by atoms with Gasteiger partial charge < -0.3 is 0 Å². The van der Waals surface area contributed by atoms with E-state index in [2.05, 4.69) is 18.5 Å². The van der Waals surface area contributed by atoms with Gasteiger partial charge in [-0.15, -0.1) is 13.2 Å². The SMILES string of the molecule is C=CCC1(CC=C)C(=O)NC(=O)N(C2CCCC2)C1=O. The van der Waals surface area contributed by atoms with E-state index in [1.807, 2.05) is 0 Å². The quantitative estimate of drug-likeness (QED) is 0.618. The Kier molecular flexibility index (Phi) is 4.06. The molecule has 0 unspecified atom stereocenters. The molecule has 108 valence electrons. The lowest BCUT2D eigenvalue weighted by atomic mass is 9.77. The molecule has 1 aliphatic heterocycles. The van der Waals surface area contributed by atoms with Gasteiger partial charge in [-0.05, 0) is 25.7 Å². The van der Waals surface area contributed by atoms with Crippen molar-refractivity contribution in [2.45, 2.75) is 44.6 Å². The molecule has 1 heterocycles. The second kappa shape index (κ2) is 5.61. The van der Waals surface area contributed by atoms with Gasteiger partial charge >= 0.3 is 6.03 Å². The first-order valence-electron chi connectivity index (χ1n) is 6.97. The standard InChI is InChI=1S/C15H20N2O3/c1-3-9-15(10-4-2)12(18)16-14(20)17(13(15)19)11-7-5-6-8-11/h3-4,11H,1-2,5-10H2,(H,16,18,20). The Bertz CT molecular complexity index is 454. The first-order valence-corrected chi connectivity index (χ1v) is 6.97. The third kappa shape index (κ3) is 2.17. The van der Waals surface area contributed by atoms with Crippen LogP contribution >= 0.6 is 0 Å². The van der Waals surface area contributed by atoms with E-state index < -0.39 is 23.3 Å². The molecular formula is C15H20N2O3. The largest absolute Gasteiger partial charge is 0.331 e. The first-order chi connectivity index (χ1) is 9.56. The van der Waals surface area contributed by atoms with E-state index in [9.17, 15) is 14.4 Å². The minimum absolute atomic E-state index is 0.0930. The van der Waals surface area contributed by atoms with Gasteiger partial charge in [0.15, 0.2) is 0 Å². The summed E-state index contributed by atoms with van der Waals surface area (Å²) in [5, 5.41) is 2.33. The number of carbonyl (C=O) groups is 3. The lowest BCUT2D eigenvalue weighted by Crippen LogP contribution is -2.65. The maximum Gasteiger partial charge on any atom is 0.331 e. The zero-order valence-corrected chi connectivity index (χ0v) is 11.6. The Morgan fingerprint density at radius 2 is 1.70 bits per heavy atom. The van der Waals surface area contributed by atoms with E-state index in [4.69, 9.17) is 0 Å². The Labute approximate surface area is 118 Å². The van der Waals surface area contributed by atoms with Crippen molar-refractivity contribution >= 4 is 17.8 Å². The highest BCUT2D eigenvalue weighted by molar-refractivity contribution is 6.19. The van der Waals surface area contributed by atoms with Crippen LogP contribution in [0.5, 0.6) is 0 Å². The molecule has 0 aromatic carbocycles. The minimum Gasteiger partial charge on any atom is -0.277 e. The zero-order chi connectivity index (χ0) is 14.8. The van der Waals surface area contributed by atoms with Crippen LogP contribution in [0.1, 0.15) is 38.5 Å². The number of allylic oxidation sites excluding steroid dienone is 2. The Balaban J connectivity index is 2.37. The maximum absolute atomic E-state index is 12.8. The average molecular weight is 276 g/mol. The summed E-state index contributed by atoms with van der Waals surface area (Å²) in [7, 11) is 0. The summed E-state index contributed by atoms with van der Waals surface area (Å²) in [5.74, 6) is -0.945. The lowest BCUT2D eigenvalue weighted by molar-refractivity contribution is -0.152. The van der Waals surface area contributed by atoms with Crippen molar-refractivity contribution in [3.63, 3.8) is 0 Å². The monoisotopic (exact) mass is 276 g/mol. The van der Waals surface area contributed by atoms with Gasteiger partial charge in [-0.3, -0.25) is 19.8 Å².